The van der Waals surface area contributed by atoms with Crippen LogP contribution in [0.1, 0.15) is 39.5 Å². The van der Waals surface area contributed by atoms with E-state index < -0.39 is 5.97 Å². The Bertz CT molecular complexity index is 212. The lowest BCUT2D eigenvalue weighted by atomic mass is 9.84. The third-order valence-electron chi connectivity index (χ3n) is 2.58. The van der Waals surface area contributed by atoms with Crippen LogP contribution in [0.5, 0.6) is 0 Å². The number of allylic oxidation sites excluding steroid dienone is 2. The first kappa shape index (κ1) is 9.30. The summed E-state index contributed by atoms with van der Waals surface area (Å²) in [5.74, 6) is -0.753. The zero-order chi connectivity index (χ0) is 9.14. The first-order valence-electron chi connectivity index (χ1n) is 4.49. The lowest BCUT2D eigenvalue weighted by molar-refractivity contribution is -0.142. The molecule has 1 rings (SSSR count). The molecule has 0 bridgehead atoms. The molecule has 1 aliphatic rings. The van der Waals surface area contributed by atoms with Crippen LogP contribution in [0.25, 0.3) is 0 Å². The molecule has 0 aromatic heterocycles. The van der Waals surface area contributed by atoms with Crippen molar-refractivity contribution in [2.45, 2.75) is 39.5 Å². The molecule has 2 heteroatoms. The van der Waals surface area contributed by atoms with Crippen molar-refractivity contribution in [1.29, 1.82) is 0 Å². The summed E-state index contributed by atoms with van der Waals surface area (Å²) in [7, 11) is 0. The van der Waals surface area contributed by atoms with E-state index in [4.69, 9.17) is 5.11 Å². The predicted molar refractivity (Wildman–Crippen MR) is 48.0 cm³/mol. The molecule has 0 aliphatic heterocycles. The molecule has 68 valence electrons. The summed E-state index contributed by atoms with van der Waals surface area (Å²) >= 11 is 0. The molecule has 0 aromatic rings. The van der Waals surface area contributed by atoms with Gasteiger partial charge in [-0.25, -0.2) is 0 Å². The minimum Gasteiger partial charge on any atom is -0.481 e. The van der Waals surface area contributed by atoms with Crippen molar-refractivity contribution < 1.29 is 9.90 Å². The van der Waals surface area contributed by atoms with Gasteiger partial charge in [0, 0.05) is 0 Å². The average molecular weight is 168 g/mol. The first-order valence-corrected chi connectivity index (χ1v) is 4.49. The number of carbonyl (C=O) groups is 1. The first-order chi connectivity index (χ1) is 5.61. The van der Waals surface area contributed by atoms with Crippen LogP contribution in [0.15, 0.2) is 11.1 Å². The van der Waals surface area contributed by atoms with Gasteiger partial charge >= 0.3 is 5.97 Å². The Hall–Kier alpha value is -0.790. The number of carboxylic acid groups (broad SMARTS) is 1. The molecule has 1 aliphatic carbocycles. The van der Waals surface area contributed by atoms with Crippen LogP contribution >= 0.6 is 0 Å². The zero-order valence-electron chi connectivity index (χ0n) is 7.76. The molecular formula is C10H16O2. The van der Waals surface area contributed by atoms with Crippen molar-refractivity contribution in [2.24, 2.45) is 5.92 Å². The largest absolute Gasteiger partial charge is 0.481 e. The number of hydrogen-bond donors (Lipinski definition) is 1. The molecule has 1 unspecified atom stereocenters. The van der Waals surface area contributed by atoms with E-state index in [2.05, 4.69) is 13.8 Å². The molecule has 0 aromatic carbocycles. The van der Waals surface area contributed by atoms with Gasteiger partial charge in [0.25, 0.3) is 0 Å². The van der Waals surface area contributed by atoms with E-state index in [0.29, 0.717) is 0 Å². The molecule has 1 fully saturated rings. The molecule has 1 saturated carbocycles. The van der Waals surface area contributed by atoms with Crippen LogP contribution in [0.2, 0.25) is 0 Å². The number of aliphatic carboxylic acids is 1. The Kier molecular flexibility index (Phi) is 2.90. The van der Waals surface area contributed by atoms with Crippen molar-refractivity contribution in [3.63, 3.8) is 0 Å². The monoisotopic (exact) mass is 168 g/mol. The van der Waals surface area contributed by atoms with Crippen LogP contribution in [0.4, 0.5) is 0 Å². The highest BCUT2D eigenvalue weighted by Gasteiger charge is 2.23. The number of carboxylic acids is 1. The Balaban J connectivity index is 2.64. The van der Waals surface area contributed by atoms with Crippen molar-refractivity contribution in [3.8, 4) is 0 Å². The van der Waals surface area contributed by atoms with Gasteiger partial charge in [-0.1, -0.05) is 11.1 Å². The third-order valence-corrected chi connectivity index (χ3v) is 2.58. The topological polar surface area (TPSA) is 37.3 Å². The molecule has 12 heavy (non-hydrogen) atoms. The Morgan fingerprint density at radius 1 is 1.50 bits per heavy atom. The standard InChI is InChI=1S/C10H16O2/c1-7(2)8-4-3-5-9(6-8)10(11)12/h9H,3-6H2,1-2H3,(H,11,12). The van der Waals surface area contributed by atoms with Crippen molar-refractivity contribution in [3.05, 3.63) is 11.1 Å². The Morgan fingerprint density at radius 3 is 2.67 bits per heavy atom. The summed E-state index contributed by atoms with van der Waals surface area (Å²) in [5.41, 5.74) is 2.66. The van der Waals surface area contributed by atoms with Gasteiger partial charge in [-0.05, 0) is 39.5 Å². The van der Waals surface area contributed by atoms with Gasteiger partial charge in [-0.3, -0.25) is 4.79 Å². The van der Waals surface area contributed by atoms with Crippen molar-refractivity contribution in [2.75, 3.05) is 0 Å². The average Bonchev–Trinajstić information content (AvgIpc) is 2.04. The predicted octanol–water partition coefficient (Wildman–Crippen LogP) is 2.60. The van der Waals surface area contributed by atoms with Gasteiger partial charge in [-0.2, -0.15) is 0 Å². The lowest BCUT2D eigenvalue weighted by Crippen LogP contribution is -2.18. The second kappa shape index (κ2) is 3.74. The minimum absolute atomic E-state index is 0.122. The fraction of sp³-hybridized carbons (Fsp3) is 0.700. The maximum Gasteiger partial charge on any atom is 0.306 e. The van der Waals surface area contributed by atoms with Gasteiger partial charge in [0.15, 0.2) is 0 Å². The number of hydrogen-bond acceptors (Lipinski definition) is 1. The molecule has 1 N–H and O–H groups in total. The van der Waals surface area contributed by atoms with Crippen molar-refractivity contribution in [1.82, 2.24) is 0 Å². The van der Waals surface area contributed by atoms with Gasteiger partial charge in [0.2, 0.25) is 0 Å². The Morgan fingerprint density at radius 2 is 2.17 bits per heavy atom. The maximum atomic E-state index is 10.7. The maximum absolute atomic E-state index is 10.7. The lowest BCUT2D eigenvalue weighted by Gasteiger charge is -2.21. The highest BCUT2D eigenvalue weighted by molar-refractivity contribution is 5.70. The minimum atomic E-state index is -0.631. The summed E-state index contributed by atoms with van der Waals surface area (Å²) in [6, 6.07) is 0. The Labute approximate surface area is 73.3 Å². The molecule has 1 atom stereocenters. The fourth-order valence-corrected chi connectivity index (χ4v) is 1.73. The van der Waals surface area contributed by atoms with Crippen LogP contribution in [0.3, 0.4) is 0 Å². The van der Waals surface area contributed by atoms with Gasteiger partial charge in [-0.15, -0.1) is 0 Å². The molecule has 0 amide bonds. The molecule has 0 saturated heterocycles. The van der Waals surface area contributed by atoms with Crippen LogP contribution in [-0.2, 0) is 4.79 Å². The smallest absolute Gasteiger partial charge is 0.306 e. The molecule has 0 spiro atoms. The van der Waals surface area contributed by atoms with Crippen LogP contribution < -0.4 is 0 Å². The summed E-state index contributed by atoms with van der Waals surface area (Å²) in [6.07, 6.45) is 3.77. The van der Waals surface area contributed by atoms with E-state index in [0.717, 1.165) is 25.7 Å². The SMILES string of the molecule is CC(C)=C1CCCC(C(=O)O)C1. The summed E-state index contributed by atoms with van der Waals surface area (Å²) < 4.78 is 0. The van der Waals surface area contributed by atoms with Crippen LogP contribution in [0, 0.1) is 5.92 Å². The molecule has 2 nitrogen and oxygen atoms in total. The fourth-order valence-electron chi connectivity index (χ4n) is 1.73. The van der Waals surface area contributed by atoms with E-state index in [9.17, 15) is 4.79 Å². The summed E-state index contributed by atoms with van der Waals surface area (Å²) in [5, 5.41) is 8.82. The molecule has 0 radical (unpaired) electrons. The van der Waals surface area contributed by atoms with E-state index in [1.54, 1.807) is 0 Å². The second-order valence-electron chi connectivity index (χ2n) is 3.74. The second-order valence-corrected chi connectivity index (χ2v) is 3.74. The van der Waals surface area contributed by atoms with E-state index >= 15 is 0 Å². The van der Waals surface area contributed by atoms with E-state index in [1.165, 1.54) is 11.1 Å². The highest BCUT2D eigenvalue weighted by Crippen LogP contribution is 2.30. The molecular weight excluding hydrogens is 152 g/mol. The van der Waals surface area contributed by atoms with Gasteiger partial charge in [0.05, 0.1) is 5.92 Å². The highest BCUT2D eigenvalue weighted by atomic mass is 16.4. The van der Waals surface area contributed by atoms with E-state index in [1.807, 2.05) is 0 Å². The summed E-state index contributed by atoms with van der Waals surface area (Å²) in [4.78, 5) is 10.7. The summed E-state index contributed by atoms with van der Waals surface area (Å²) in [6.45, 7) is 4.14. The van der Waals surface area contributed by atoms with Gasteiger partial charge in [0.1, 0.15) is 0 Å². The third kappa shape index (κ3) is 2.10. The van der Waals surface area contributed by atoms with Crippen LogP contribution in [-0.4, -0.2) is 11.1 Å². The zero-order valence-corrected chi connectivity index (χ0v) is 7.76. The van der Waals surface area contributed by atoms with E-state index in [-0.39, 0.29) is 5.92 Å². The normalized spacial score (nSPS) is 23.8. The van der Waals surface area contributed by atoms with Gasteiger partial charge < -0.3 is 5.11 Å². The quantitative estimate of drug-likeness (QED) is 0.611. The molecule has 0 heterocycles. The van der Waals surface area contributed by atoms with Crippen molar-refractivity contribution >= 4 is 5.97 Å². The number of rotatable bonds is 1.